The molecule has 2 N–H and O–H groups in total. The summed E-state index contributed by atoms with van der Waals surface area (Å²) in [6.45, 7) is 5.72. The minimum Gasteiger partial charge on any atom is -0.487 e. The van der Waals surface area contributed by atoms with Crippen molar-refractivity contribution in [2.75, 3.05) is 23.7 Å². The molecule has 2 aromatic carbocycles. The normalized spacial score (nSPS) is 10.6. The fourth-order valence-electron chi connectivity index (χ4n) is 3.20. The molecule has 0 saturated carbocycles. The van der Waals surface area contributed by atoms with E-state index in [1.807, 2.05) is 23.6 Å². The van der Waals surface area contributed by atoms with Crippen molar-refractivity contribution < 1.29 is 14.3 Å². The Hall–Kier alpha value is -2.64. The summed E-state index contributed by atoms with van der Waals surface area (Å²) >= 11 is 2.75. The van der Waals surface area contributed by atoms with Crippen molar-refractivity contribution in [2.45, 2.75) is 51.0 Å². The number of carbonyl (C=O) groups excluding carboxylic acids is 1. The minimum absolute atomic E-state index is 0.326. The van der Waals surface area contributed by atoms with Gasteiger partial charge >= 0.3 is 5.97 Å². The fourth-order valence-corrected chi connectivity index (χ4v) is 4.96. The zero-order chi connectivity index (χ0) is 23.5. The number of methoxy groups -OCH3 is 1. The monoisotopic (exact) mass is 484 g/mol. The lowest BCUT2D eigenvalue weighted by Crippen LogP contribution is -2.04. The number of aryl methyl sites for hydroxylation is 1. The fraction of sp³-hybridized carbons (Fsp3) is 0.346. The predicted molar refractivity (Wildman–Crippen MR) is 140 cm³/mol. The number of anilines is 2. The van der Waals surface area contributed by atoms with Crippen LogP contribution in [0, 0.1) is 6.92 Å². The first-order chi connectivity index (χ1) is 16.1. The molecule has 0 spiro atoms. The predicted octanol–water partition coefficient (Wildman–Crippen LogP) is 7.53. The van der Waals surface area contributed by atoms with Crippen LogP contribution in [0.15, 0.2) is 58.8 Å². The Morgan fingerprint density at radius 3 is 2.64 bits per heavy atom. The Morgan fingerprint density at radius 1 is 1.06 bits per heavy atom. The number of carbonyl (C=O) groups is 1. The van der Waals surface area contributed by atoms with Crippen molar-refractivity contribution in [2.24, 2.45) is 0 Å². The van der Waals surface area contributed by atoms with Crippen LogP contribution in [0.1, 0.15) is 53.4 Å². The number of rotatable bonds is 13. The third-order valence-electron chi connectivity index (χ3n) is 5.13. The molecule has 0 aliphatic carbocycles. The first kappa shape index (κ1) is 25.0. The van der Waals surface area contributed by atoms with Gasteiger partial charge in [0, 0.05) is 18.3 Å². The molecule has 0 unspecified atom stereocenters. The molecule has 33 heavy (non-hydrogen) atoms. The summed E-state index contributed by atoms with van der Waals surface area (Å²) in [6.07, 6.45) is 4.89. The second-order valence-corrected chi connectivity index (χ2v) is 9.55. The van der Waals surface area contributed by atoms with Crippen LogP contribution in [-0.4, -0.2) is 19.6 Å². The Kier molecular flexibility index (Phi) is 9.97. The lowest BCUT2D eigenvalue weighted by atomic mass is 10.2. The molecule has 0 saturated heterocycles. The van der Waals surface area contributed by atoms with Crippen molar-refractivity contribution in [3.05, 3.63) is 69.9 Å². The van der Waals surface area contributed by atoms with E-state index in [0.717, 1.165) is 40.5 Å². The average Bonchev–Trinajstić information content (AvgIpc) is 3.31. The van der Waals surface area contributed by atoms with Gasteiger partial charge in [-0.1, -0.05) is 56.0 Å². The molecule has 0 bridgehead atoms. The van der Waals surface area contributed by atoms with E-state index in [2.05, 4.69) is 54.2 Å². The van der Waals surface area contributed by atoms with E-state index in [4.69, 9.17) is 9.47 Å². The number of hydrogen-bond acceptors (Lipinski definition) is 7. The molecule has 0 aliphatic rings. The highest BCUT2D eigenvalue weighted by Crippen LogP contribution is 2.35. The Morgan fingerprint density at radius 2 is 1.88 bits per heavy atom. The number of benzene rings is 2. The van der Waals surface area contributed by atoms with Crippen LogP contribution in [0.2, 0.25) is 0 Å². The Bertz CT molecular complexity index is 1020. The van der Waals surface area contributed by atoms with Gasteiger partial charge in [-0.15, -0.1) is 11.3 Å². The molecule has 0 fully saturated rings. The van der Waals surface area contributed by atoms with Gasteiger partial charge in [-0.25, -0.2) is 4.79 Å². The first-order valence-corrected chi connectivity index (χ1v) is 12.9. The van der Waals surface area contributed by atoms with Crippen LogP contribution in [-0.2, 0) is 11.3 Å². The van der Waals surface area contributed by atoms with Crippen LogP contribution in [0.3, 0.4) is 0 Å². The first-order valence-electron chi connectivity index (χ1n) is 11.3. The van der Waals surface area contributed by atoms with Gasteiger partial charge in [0.1, 0.15) is 17.2 Å². The number of esters is 1. The van der Waals surface area contributed by atoms with Crippen LogP contribution in [0.25, 0.3) is 0 Å². The number of ether oxygens (including phenoxy) is 2. The van der Waals surface area contributed by atoms with Gasteiger partial charge in [0.05, 0.1) is 17.7 Å². The summed E-state index contributed by atoms with van der Waals surface area (Å²) < 4.78 is 14.4. The largest absolute Gasteiger partial charge is 0.487 e. The van der Waals surface area contributed by atoms with E-state index in [1.165, 1.54) is 55.2 Å². The van der Waals surface area contributed by atoms with Crippen molar-refractivity contribution in [1.82, 2.24) is 0 Å². The Balaban J connectivity index is 1.70. The van der Waals surface area contributed by atoms with Crippen LogP contribution < -0.4 is 14.8 Å². The summed E-state index contributed by atoms with van der Waals surface area (Å²) in [4.78, 5) is 13.4. The molecular formula is C26H32N2O3S2. The molecular weight excluding hydrogens is 452 g/mol. The summed E-state index contributed by atoms with van der Waals surface area (Å²) in [5, 5.41) is 5.39. The molecule has 0 atom stereocenters. The lowest BCUT2D eigenvalue weighted by molar-refractivity contribution is 0.0603. The average molecular weight is 485 g/mol. The minimum atomic E-state index is -0.326. The zero-order valence-electron chi connectivity index (χ0n) is 19.5. The van der Waals surface area contributed by atoms with E-state index in [1.54, 1.807) is 0 Å². The van der Waals surface area contributed by atoms with Gasteiger partial charge in [-0.3, -0.25) is 0 Å². The summed E-state index contributed by atoms with van der Waals surface area (Å²) in [6, 6.07) is 16.4. The smallest absolute Gasteiger partial charge is 0.349 e. The van der Waals surface area contributed by atoms with Gasteiger partial charge < -0.3 is 19.5 Å². The molecule has 176 valence electrons. The molecule has 1 aromatic heterocycles. The SMILES string of the molecule is CCCCCCNc1ccc(NSc2ccsc2C(=O)OC)c(OCc2ccc(C)cc2)c1. The van der Waals surface area contributed by atoms with Crippen molar-refractivity contribution >= 4 is 40.6 Å². The molecule has 7 heteroatoms. The van der Waals surface area contributed by atoms with E-state index in [9.17, 15) is 4.79 Å². The standard InChI is InChI=1S/C26H32N2O3S2/c1-4-5-6-7-15-27-21-12-13-22(28-33-24-14-16-32-25(24)26(29)30-3)23(17-21)31-18-20-10-8-19(2)9-11-20/h8-14,16-17,27-28H,4-7,15,18H2,1-3H3. The second-order valence-electron chi connectivity index (χ2n) is 7.78. The van der Waals surface area contributed by atoms with Gasteiger partial charge in [0.15, 0.2) is 0 Å². The summed E-state index contributed by atoms with van der Waals surface area (Å²) in [7, 11) is 1.40. The molecule has 3 rings (SSSR count). The van der Waals surface area contributed by atoms with Crippen LogP contribution in [0.4, 0.5) is 11.4 Å². The number of hydrogen-bond donors (Lipinski definition) is 2. The van der Waals surface area contributed by atoms with E-state index in [-0.39, 0.29) is 5.97 Å². The van der Waals surface area contributed by atoms with Gasteiger partial charge in [-0.05, 0) is 54.4 Å². The molecule has 5 nitrogen and oxygen atoms in total. The van der Waals surface area contributed by atoms with Crippen LogP contribution >= 0.6 is 23.3 Å². The van der Waals surface area contributed by atoms with Gasteiger partial charge in [-0.2, -0.15) is 0 Å². The maximum absolute atomic E-state index is 12.0. The quantitative estimate of drug-likeness (QED) is 0.148. The lowest BCUT2D eigenvalue weighted by Gasteiger charge is -2.15. The van der Waals surface area contributed by atoms with Gasteiger partial charge in [0.25, 0.3) is 0 Å². The highest BCUT2D eigenvalue weighted by Gasteiger charge is 2.15. The van der Waals surface area contributed by atoms with E-state index in [0.29, 0.717) is 11.5 Å². The number of unbranched alkanes of at least 4 members (excludes halogenated alkanes) is 3. The maximum atomic E-state index is 12.0. The van der Waals surface area contributed by atoms with E-state index < -0.39 is 0 Å². The van der Waals surface area contributed by atoms with E-state index >= 15 is 0 Å². The third kappa shape index (κ3) is 7.72. The highest BCUT2D eigenvalue weighted by molar-refractivity contribution is 8.00. The summed E-state index contributed by atoms with van der Waals surface area (Å²) in [5.74, 6) is 0.434. The van der Waals surface area contributed by atoms with Crippen molar-refractivity contribution in [1.29, 1.82) is 0 Å². The van der Waals surface area contributed by atoms with Crippen LogP contribution in [0.5, 0.6) is 5.75 Å². The second kappa shape index (κ2) is 13.2. The molecule has 0 radical (unpaired) electrons. The Labute approximate surface area is 205 Å². The highest BCUT2D eigenvalue weighted by atomic mass is 32.2. The summed E-state index contributed by atoms with van der Waals surface area (Å²) in [5.41, 5.74) is 4.23. The molecule has 0 aliphatic heterocycles. The maximum Gasteiger partial charge on any atom is 0.349 e. The van der Waals surface area contributed by atoms with Crippen molar-refractivity contribution in [3.63, 3.8) is 0 Å². The molecule has 1 heterocycles. The topological polar surface area (TPSA) is 59.6 Å². The third-order valence-corrected chi connectivity index (χ3v) is 7.03. The molecule has 0 amide bonds. The number of nitrogens with one attached hydrogen (secondary N) is 2. The van der Waals surface area contributed by atoms with Gasteiger partial charge in [0.2, 0.25) is 0 Å². The molecule has 3 aromatic rings. The number of thiophene rings is 1. The zero-order valence-corrected chi connectivity index (χ0v) is 21.1. The van der Waals surface area contributed by atoms with Crippen molar-refractivity contribution in [3.8, 4) is 5.75 Å².